The highest BCUT2D eigenvalue weighted by Gasteiger charge is 2.25. The minimum absolute atomic E-state index is 0.0361. The zero-order valence-corrected chi connectivity index (χ0v) is 15.1. The van der Waals surface area contributed by atoms with Gasteiger partial charge in [0.1, 0.15) is 6.04 Å². The van der Waals surface area contributed by atoms with Crippen LogP contribution in [-0.4, -0.2) is 42.3 Å². The maximum Gasteiger partial charge on any atom is 0.338 e. The van der Waals surface area contributed by atoms with Crippen molar-refractivity contribution in [2.24, 2.45) is 5.84 Å². The lowest BCUT2D eigenvalue weighted by atomic mass is 10.1. The van der Waals surface area contributed by atoms with Crippen LogP contribution in [0.15, 0.2) is 24.3 Å². The third kappa shape index (κ3) is 6.72. The number of hydrogen-bond donors (Lipinski definition) is 2. The molecule has 0 saturated heterocycles. The van der Waals surface area contributed by atoms with Gasteiger partial charge in [0.15, 0.2) is 0 Å². The molecule has 0 spiro atoms. The van der Waals surface area contributed by atoms with Gasteiger partial charge in [-0.3, -0.25) is 9.80 Å². The van der Waals surface area contributed by atoms with Crippen molar-refractivity contribution in [3.63, 3.8) is 0 Å². The molecule has 0 heterocycles. The summed E-state index contributed by atoms with van der Waals surface area (Å²) in [5, 5.41) is 9.99. The topological polar surface area (TPSA) is 119 Å². The van der Waals surface area contributed by atoms with Crippen LogP contribution in [0.5, 0.6) is 0 Å². The highest BCUT2D eigenvalue weighted by Crippen LogP contribution is 2.19. The zero-order chi connectivity index (χ0) is 19.5. The number of benzene rings is 1. The lowest BCUT2D eigenvalue weighted by Gasteiger charge is -2.27. The molecule has 0 aliphatic rings. The van der Waals surface area contributed by atoms with Gasteiger partial charge in [-0.2, -0.15) is 0 Å². The molecule has 0 radical (unpaired) electrons. The fourth-order valence-electron chi connectivity index (χ4n) is 2.39. The van der Waals surface area contributed by atoms with Crippen molar-refractivity contribution in [3.05, 3.63) is 29.8 Å². The number of unbranched alkanes of at least 4 members (excludes halogenated alkanes) is 1. The molecule has 1 rings (SSSR count). The van der Waals surface area contributed by atoms with Gasteiger partial charge in [0.05, 0.1) is 24.5 Å². The van der Waals surface area contributed by atoms with Crippen LogP contribution >= 0.6 is 0 Å². The zero-order valence-electron chi connectivity index (χ0n) is 15.1. The first-order valence-corrected chi connectivity index (χ1v) is 8.60. The van der Waals surface area contributed by atoms with E-state index in [1.54, 1.807) is 38.1 Å². The van der Waals surface area contributed by atoms with E-state index in [1.807, 2.05) is 0 Å². The molecule has 8 heteroatoms. The van der Waals surface area contributed by atoms with Gasteiger partial charge in [-0.25, -0.2) is 15.4 Å². The fourth-order valence-corrected chi connectivity index (χ4v) is 2.39. The predicted molar refractivity (Wildman–Crippen MR) is 95.6 cm³/mol. The Morgan fingerprint density at radius 3 is 2.23 bits per heavy atom. The van der Waals surface area contributed by atoms with Crippen molar-refractivity contribution in [1.29, 1.82) is 0 Å². The Hall–Kier alpha value is -2.61. The van der Waals surface area contributed by atoms with E-state index in [-0.39, 0.29) is 19.6 Å². The number of aliphatic carboxylic acids is 1. The van der Waals surface area contributed by atoms with Crippen molar-refractivity contribution >= 4 is 23.6 Å². The molecule has 0 aromatic heterocycles. The molecule has 26 heavy (non-hydrogen) atoms. The molecule has 0 saturated carbocycles. The average Bonchev–Trinajstić information content (AvgIpc) is 2.61. The Kier molecular flexibility index (Phi) is 9.14. The summed E-state index contributed by atoms with van der Waals surface area (Å²) < 4.78 is 9.99. The minimum Gasteiger partial charge on any atom is -0.481 e. The first kappa shape index (κ1) is 21.4. The summed E-state index contributed by atoms with van der Waals surface area (Å²) in [6, 6.07) is 5.64. The Balaban J connectivity index is 2.82. The number of carboxylic acids is 1. The van der Waals surface area contributed by atoms with Crippen molar-refractivity contribution < 1.29 is 29.0 Å². The summed E-state index contributed by atoms with van der Waals surface area (Å²) in [7, 11) is 0. The largest absolute Gasteiger partial charge is 0.481 e. The normalized spacial score (nSPS) is 11.5. The molecular formula is C18H26N2O6. The number of ether oxygens (including phenoxy) is 2. The summed E-state index contributed by atoms with van der Waals surface area (Å²) in [4.78, 5) is 34.5. The maximum atomic E-state index is 12.2. The molecule has 1 aromatic rings. The number of anilines is 1. The van der Waals surface area contributed by atoms with Crippen LogP contribution < -0.4 is 10.9 Å². The molecule has 0 aliphatic carbocycles. The molecule has 0 amide bonds. The summed E-state index contributed by atoms with van der Waals surface area (Å²) in [6.45, 7) is 3.93. The van der Waals surface area contributed by atoms with Gasteiger partial charge in [-0.15, -0.1) is 0 Å². The highest BCUT2D eigenvalue weighted by molar-refractivity contribution is 5.90. The van der Waals surface area contributed by atoms with Crippen LogP contribution in [0, 0.1) is 0 Å². The van der Waals surface area contributed by atoms with Gasteiger partial charge in [-0.1, -0.05) is 6.42 Å². The van der Waals surface area contributed by atoms with Gasteiger partial charge in [-0.05, 0) is 51.0 Å². The number of nitrogens with zero attached hydrogens (tertiary/aromatic N) is 1. The summed E-state index contributed by atoms with van der Waals surface area (Å²) in [6.07, 6.45) is 1.36. The second kappa shape index (κ2) is 11.1. The number of rotatable bonds is 11. The van der Waals surface area contributed by atoms with Crippen LogP contribution in [0.2, 0.25) is 0 Å². The number of carbonyl (C=O) groups is 3. The van der Waals surface area contributed by atoms with Gasteiger partial charge >= 0.3 is 17.9 Å². The Morgan fingerprint density at radius 1 is 1.08 bits per heavy atom. The van der Waals surface area contributed by atoms with E-state index in [0.29, 0.717) is 30.5 Å². The SMILES string of the molecule is CCOC(=O)c1ccc(N(N)C(CCCCC(=O)O)C(=O)OCC)cc1. The number of esters is 2. The van der Waals surface area contributed by atoms with Gasteiger partial charge in [0.2, 0.25) is 0 Å². The quantitative estimate of drug-likeness (QED) is 0.264. The van der Waals surface area contributed by atoms with Crippen molar-refractivity contribution in [2.45, 2.75) is 45.6 Å². The van der Waals surface area contributed by atoms with E-state index in [0.717, 1.165) is 0 Å². The Morgan fingerprint density at radius 2 is 1.69 bits per heavy atom. The highest BCUT2D eigenvalue weighted by atomic mass is 16.5. The molecule has 1 atom stereocenters. The van der Waals surface area contributed by atoms with E-state index in [1.165, 1.54) is 5.01 Å². The number of hydrogen-bond acceptors (Lipinski definition) is 7. The summed E-state index contributed by atoms with van der Waals surface area (Å²) in [5.74, 6) is 4.31. The number of carbonyl (C=O) groups excluding carboxylic acids is 2. The molecule has 0 aliphatic heterocycles. The monoisotopic (exact) mass is 366 g/mol. The van der Waals surface area contributed by atoms with Gasteiger partial charge in [0, 0.05) is 6.42 Å². The fraction of sp³-hybridized carbons (Fsp3) is 0.500. The number of hydrazine groups is 1. The van der Waals surface area contributed by atoms with Crippen molar-refractivity contribution in [2.75, 3.05) is 18.2 Å². The second-order valence-corrected chi connectivity index (χ2v) is 5.58. The van der Waals surface area contributed by atoms with Crippen molar-refractivity contribution in [3.8, 4) is 0 Å². The smallest absolute Gasteiger partial charge is 0.338 e. The Bertz CT molecular complexity index is 602. The standard InChI is InChI=1S/C18H26N2O6/c1-3-25-17(23)13-9-11-14(12-10-13)20(19)15(18(24)26-4-2)7-5-6-8-16(21)22/h9-12,15H,3-8,19H2,1-2H3,(H,21,22). The van der Waals surface area contributed by atoms with Crippen LogP contribution in [0.25, 0.3) is 0 Å². The number of carboxylic acid groups (broad SMARTS) is 1. The maximum absolute atomic E-state index is 12.2. The van der Waals surface area contributed by atoms with Gasteiger partial charge < -0.3 is 14.6 Å². The van der Waals surface area contributed by atoms with Crippen molar-refractivity contribution in [1.82, 2.24) is 0 Å². The lowest BCUT2D eigenvalue weighted by Crippen LogP contribution is -2.47. The molecule has 3 N–H and O–H groups in total. The first-order valence-electron chi connectivity index (χ1n) is 8.60. The first-order chi connectivity index (χ1) is 12.4. The minimum atomic E-state index is -0.878. The molecule has 0 fully saturated rings. The van der Waals surface area contributed by atoms with E-state index >= 15 is 0 Å². The molecular weight excluding hydrogens is 340 g/mol. The van der Waals surface area contributed by atoms with E-state index in [2.05, 4.69) is 0 Å². The van der Waals surface area contributed by atoms with E-state index in [9.17, 15) is 14.4 Å². The molecule has 8 nitrogen and oxygen atoms in total. The lowest BCUT2D eigenvalue weighted by molar-refractivity contribution is -0.145. The second-order valence-electron chi connectivity index (χ2n) is 5.58. The third-order valence-corrected chi connectivity index (χ3v) is 3.69. The third-order valence-electron chi connectivity index (χ3n) is 3.69. The van der Waals surface area contributed by atoms with Gasteiger partial charge in [0.25, 0.3) is 0 Å². The molecule has 1 aromatic carbocycles. The van der Waals surface area contributed by atoms with E-state index in [4.69, 9.17) is 20.4 Å². The van der Waals surface area contributed by atoms with E-state index < -0.39 is 23.9 Å². The number of nitrogens with two attached hydrogens (primary N) is 1. The van der Waals surface area contributed by atoms with Crippen LogP contribution in [0.3, 0.4) is 0 Å². The van der Waals surface area contributed by atoms with Crippen LogP contribution in [0.4, 0.5) is 5.69 Å². The van der Waals surface area contributed by atoms with Crippen LogP contribution in [-0.2, 0) is 19.1 Å². The summed E-state index contributed by atoms with van der Waals surface area (Å²) in [5.41, 5.74) is 0.924. The Labute approximate surface area is 152 Å². The predicted octanol–water partition coefficient (Wildman–Crippen LogP) is 2.12. The van der Waals surface area contributed by atoms with Crippen LogP contribution in [0.1, 0.15) is 49.9 Å². The molecule has 0 bridgehead atoms. The molecule has 1 unspecified atom stereocenters. The average molecular weight is 366 g/mol. The summed E-state index contributed by atoms with van der Waals surface area (Å²) >= 11 is 0. The molecule has 144 valence electrons.